The number of ether oxygens (including phenoxy) is 1. The van der Waals surface area contributed by atoms with Crippen LogP contribution in [0.5, 0.6) is 0 Å². The Morgan fingerprint density at radius 1 is 1.18 bits per heavy atom. The van der Waals surface area contributed by atoms with Gasteiger partial charge in [0.1, 0.15) is 11.9 Å². The predicted octanol–water partition coefficient (Wildman–Crippen LogP) is 4.97. The summed E-state index contributed by atoms with van der Waals surface area (Å²) in [7, 11) is 1.99. The molecule has 214 valence electrons. The van der Waals surface area contributed by atoms with E-state index in [2.05, 4.69) is 63.9 Å². The average molecular weight is 531 g/mol. The molecule has 3 aliphatic carbocycles. The number of imide groups is 1. The van der Waals surface area contributed by atoms with Gasteiger partial charge < -0.3 is 14.7 Å². The number of rotatable bonds is 4. The summed E-state index contributed by atoms with van der Waals surface area (Å²) in [6.07, 6.45) is 7.40. The highest BCUT2D eigenvalue weighted by atomic mass is 16.6. The van der Waals surface area contributed by atoms with E-state index in [1.165, 1.54) is 0 Å². The van der Waals surface area contributed by atoms with Crippen LogP contribution in [0.2, 0.25) is 0 Å². The summed E-state index contributed by atoms with van der Waals surface area (Å²) in [5.41, 5.74) is -1.53. The van der Waals surface area contributed by atoms with Gasteiger partial charge in [0.25, 0.3) is 0 Å². The summed E-state index contributed by atoms with van der Waals surface area (Å²) >= 11 is 0. The lowest BCUT2D eigenvalue weighted by atomic mass is 9.44. The van der Waals surface area contributed by atoms with Gasteiger partial charge in [-0.1, -0.05) is 53.7 Å². The molecule has 4 aliphatic rings. The van der Waals surface area contributed by atoms with Crippen molar-refractivity contribution in [2.75, 3.05) is 20.1 Å². The number of ketones is 1. The van der Waals surface area contributed by atoms with E-state index in [9.17, 15) is 19.5 Å². The van der Waals surface area contributed by atoms with Crippen molar-refractivity contribution >= 4 is 17.8 Å². The second-order valence-electron chi connectivity index (χ2n) is 13.7. The molecule has 1 saturated heterocycles. The first-order valence-corrected chi connectivity index (χ1v) is 14.9. The number of likely N-dealkylation sites (tertiary alicyclic amines) is 1. The molecule has 7 heteroatoms. The smallest absolute Gasteiger partial charge is 0.414 e. The molecule has 7 nitrogen and oxygen atoms in total. The molecule has 2 bridgehead atoms. The Morgan fingerprint density at radius 2 is 1.89 bits per heavy atom. The molecule has 2 N–H and O–H groups in total. The highest BCUT2D eigenvalue weighted by molar-refractivity contribution is 5.93. The topological polar surface area (TPSA) is 95.9 Å². The molecular weight excluding hydrogens is 480 g/mol. The number of hydrogen-bond donors (Lipinski definition) is 2. The van der Waals surface area contributed by atoms with Crippen LogP contribution in [-0.4, -0.2) is 60.1 Å². The van der Waals surface area contributed by atoms with Crippen molar-refractivity contribution in [3.05, 3.63) is 12.2 Å². The SMILES string of the molecule is CCC=C[C@]1(C)C[C@@H](OC(=O)NC(=O)[C@H]2CN(C)CC[C@@H]2C)[C@@]2(C)C3C(=O)CCC3(CC[C@H]2C)[C@@H](C)[C@@H]1O. The summed E-state index contributed by atoms with van der Waals surface area (Å²) in [4.78, 5) is 42.2. The number of aliphatic hydroxyl groups excluding tert-OH is 1. The van der Waals surface area contributed by atoms with Gasteiger partial charge in [0.2, 0.25) is 5.91 Å². The summed E-state index contributed by atoms with van der Waals surface area (Å²) in [5, 5.41) is 14.4. The minimum Gasteiger partial charge on any atom is -0.445 e. The molecule has 3 saturated carbocycles. The third kappa shape index (κ3) is 4.76. The lowest BCUT2D eigenvalue weighted by molar-refractivity contribution is -0.191. The molecule has 4 rings (SSSR count). The van der Waals surface area contributed by atoms with Crippen molar-refractivity contribution in [2.24, 2.45) is 45.8 Å². The number of carbonyl (C=O) groups is 3. The van der Waals surface area contributed by atoms with E-state index in [4.69, 9.17) is 4.74 Å². The largest absolute Gasteiger partial charge is 0.445 e. The third-order valence-corrected chi connectivity index (χ3v) is 11.5. The van der Waals surface area contributed by atoms with Crippen LogP contribution >= 0.6 is 0 Å². The molecule has 10 atom stereocenters. The highest BCUT2D eigenvalue weighted by Crippen LogP contribution is 2.68. The Hall–Kier alpha value is -1.73. The molecule has 2 amide bonds. The lowest BCUT2D eigenvalue weighted by Gasteiger charge is -2.61. The van der Waals surface area contributed by atoms with Crippen LogP contribution in [0.4, 0.5) is 4.79 Å². The minimum atomic E-state index is -0.736. The monoisotopic (exact) mass is 530 g/mol. The van der Waals surface area contributed by atoms with E-state index in [1.807, 2.05) is 7.05 Å². The van der Waals surface area contributed by atoms with Crippen molar-refractivity contribution in [1.82, 2.24) is 10.2 Å². The van der Waals surface area contributed by atoms with Crippen LogP contribution in [-0.2, 0) is 14.3 Å². The van der Waals surface area contributed by atoms with Crippen LogP contribution in [0.1, 0.15) is 86.5 Å². The molecule has 1 aliphatic heterocycles. The van der Waals surface area contributed by atoms with Gasteiger partial charge in [0.05, 0.1) is 12.0 Å². The van der Waals surface area contributed by atoms with E-state index < -0.39 is 29.1 Å². The number of piperidine rings is 1. The second kappa shape index (κ2) is 10.7. The van der Waals surface area contributed by atoms with Crippen LogP contribution in [0, 0.1) is 45.8 Å². The van der Waals surface area contributed by atoms with Gasteiger partial charge in [-0.25, -0.2) is 4.79 Å². The number of nitrogens with one attached hydrogen (secondary N) is 1. The number of aliphatic hydroxyl groups is 1. The zero-order valence-electron chi connectivity index (χ0n) is 24.6. The molecule has 0 aromatic heterocycles. The number of amides is 2. The van der Waals surface area contributed by atoms with E-state index in [0.717, 1.165) is 38.6 Å². The standard InChI is InChI=1S/C31H50N2O5/c1-8-9-13-29(5)17-24(38-28(37)32-27(36)22-18-33(7)16-12-19(22)2)30(6)20(3)10-14-31(21(4)26(29)35)15-11-23(34)25(30)31/h9,13,19-22,24-26,35H,8,10-12,14-18H2,1-7H3,(H,32,36,37)/t19-,20+,21-,22-,24+,25?,26-,29+,30-,31?/m0/s1. The molecule has 2 unspecified atom stereocenters. The van der Waals surface area contributed by atoms with Crippen LogP contribution in [0.15, 0.2) is 12.2 Å². The van der Waals surface area contributed by atoms with Crippen molar-refractivity contribution in [1.29, 1.82) is 0 Å². The van der Waals surface area contributed by atoms with Crippen molar-refractivity contribution < 1.29 is 24.2 Å². The number of alkyl carbamates (subject to hydrolysis) is 1. The summed E-state index contributed by atoms with van der Waals surface area (Å²) in [6, 6.07) is 0. The number of allylic oxidation sites excluding steroid dienone is 1. The van der Waals surface area contributed by atoms with Gasteiger partial charge in [-0.3, -0.25) is 14.9 Å². The minimum absolute atomic E-state index is 0.0570. The first kappa shape index (κ1) is 29.3. The fraction of sp³-hybridized carbons (Fsp3) is 0.839. The summed E-state index contributed by atoms with van der Waals surface area (Å²) in [6.45, 7) is 14.2. The van der Waals surface area contributed by atoms with E-state index in [0.29, 0.717) is 19.4 Å². The first-order valence-electron chi connectivity index (χ1n) is 14.9. The van der Waals surface area contributed by atoms with Gasteiger partial charge in [-0.2, -0.15) is 0 Å². The zero-order valence-corrected chi connectivity index (χ0v) is 24.6. The fourth-order valence-electron chi connectivity index (χ4n) is 8.78. The van der Waals surface area contributed by atoms with Crippen molar-refractivity contribution in [3.8, 4) is 0 Å². The Kier molecular flexibility index (Phi) is 8.22. The Balaban J connectivity index is 1.69. The van der Waals surface area contributed by atoms with Crippen molar-refractivity contribution in [3.63, 3.8) is 0 Å². The van der Waals surface area contributed by atoms with Crippen LogP contribution < -0.4 is 5.32 Å². The highest BCUT2D eigenvalue weighted by Gasteiger charge is 2.68. The Morgan fingerprint density at radius 3 is 2.58 bits per heavy atom. The molecule has 0 aromatic rings. The Labute approximate surface area is 229 Å². The van der Waals surface area contributed by atoms with Gasteiger partial charge in [-0.05, 0) is 75.3 Å². The van der Waals surface area contributed by atoms with Crippen molar-refractivity contribution in [2.45, 2.75) is 98.7 Å². The molecule has 0 spiro atoms. The predicted molar refractivity (Wildman–Crippen MR) is 147 cm³/mol. The molecule has 38 heavy (non-hydrogen) atoms. The Bertz CT molecular complexity index is 966. The maximum atomic E-state index is 13.6. The van der Waals surface area contributed by atoms with Gasteiger partial charge in [0, 0.05) is 29.7 Å². The quantitative estimate of drug-likeness (QED) is 0.498. The van der Waals surface area contributed by atoms with Crippen LogP contribution in [0.3, 0.4) is 0 Å². The summed E-state index contributed by atoms with van der Waals surface area (Å²) < 4.78 is 6.24. The van der Waals surface area contributed by atoms with E-state index in [-0.39, 0.29) is 46.7 Å². The first-order chi connectivity index (χ1) is 17.8. The molecule has 0 radical (unpaired) electrons. The molecule has 1 heterocycles. The molecule has 4 fully saturated rings. The number of hydrogen-bond acceptors (Lipinski definition) is 6. The maximum Gasteiger partial charge on any atom is 0.414 e. The maximum absolute atomic E-state index is 13.6. The number of carbonyl (C=O) groups excluding carboxylic acids is 3. The van der Waals surface area contributed by atoms with E-state index >= 15 is 0 Å². The summed E-state index contributed by atoms with van der Waals surface area (Å²) in [5.74, 6) is -0.322. The number of nitrogens with zero attached hydrogens (tertiary/aromatic N) is 1. The van der Waals surface area contributed by atoms with Gasteiger partial charge in [-0.15, -0.1) is 0 Å². The second-order valence-corrected chi connectivity index (χ2v) is 13.7. The van der Waals surface area contributed by atoms with Crippen LogP contribution in [0.25, 0.3) is 0 Å². The molecular formula is C31H50N2O5. The fourth-order valence-corrected chi connectivity index (χ4v) is 8.78. The third-order valence-electron chi connectivity index (χ3n) is 11.5. The molecule has 0 aromatic carbocycles. The lowest BCUT2D eigenvalue weighted by Crippen LogP contribution is -2.63. The number of Topliss-reactive ketones (excluding diaryl/α,β-unsaturated/α-hetero) is 1. The zero-order chi connectivity index (χ0) is 28.0. The van der Waals surface area contributed by atoms with Gasteiger partial charge >= 0.3 is 6.09 Å². The van der Waals surface area contributed by atoms with E-state index in [1.54, 1.807) is 0 Å². The van der Waals surface area contributed by atoms with Gasteiger partial charge in [0.15, 0.2) is 0 Å². The normalized spacial score (nSPS) is 45.8. The average Bonchev–Trinajstić information content (AvgIpc) is 3.22.